The maximum absolute atomic E-state index is 12.2. The molecule has 2 aromatic heterocycles. The number of amides is 1. The predicted octanol–water partition coefficient (Wildman–Crippen LogP) is 1.84. The Morgan fingerprint density at radius 3 is 2.81 bits per heavy atom. The monoisotopic (exact) mass is 307 g/mol. The molecule has 2 N–H and O–H groups in total. The van der Waals surface area contributed by atoms with Crippen molar-refractivity contribution in [3.63, 3.8) is 0 Å². The molecule has 6 nitrogen and oxygen atoms in total. The molecule has 2 heterocycles. The van der Waals surface area contributed by atoms with Gasteiger partial charge in [-0.1, -0.05) is 19.3 Å². The number of carboxylic acid groups (broad SMARTS) is 1. The van der Waals surface area contributed by atoms with E-state index in [1.165, 1.54) is 11.3 Å². The maximum atomic E-state index is 12.2. The van der Waals surface area contributed by atoms with Crippen LogP contribution in [0, 0.1) is 0 Å². The fourth-order valence-corrected chi connectivity index (χ4v) is 3.60. The van der Waals surface area contributed by atoms with E-state index in [-0.39, 0.29) is 12.3 Å². The summed E-state index contributed by atoms with van der Waals surface area (Å²) in [5.74, 6) is -1.20. The minimum absolute atomic E-state index is 0.115. The zero-order valence-corrected chi connectivity index (χ0v) is 12.4. The Morgan fingerprint density at radius 2 is 2.14 bits per heavy atom. The molecule has 1 amide bonds. The smallest absolute Gasteiger partial charge is 0.329 e. The van der Waals surface area contributed by atoms with Crippen LogP contribution in [0.1, 0.15) is 37.8 Å². The second-order valence-electron chi connectivity index (χ2n) is 5.50. The number of carbonyl (C=O) groups is 2. The third-order valence-electron chi connectivity index (χ3n) is 3.98. The number of carbonyl (C=O) groups excluding carboxylic acids is 1. The van der Waals surface area contributed by atoms with Crippen molar-refractivity contribution in [2.75, 3.05) is 0 Å². The predicted molar refractivity (Wildman–Crippen MR) is 78.4 cm³/mol. The Labute approximate surface area is 125 Å². The highest BCUT2D eigenvalue weighted by Gasteiger charge is 2.40. The number of hydrogen-bond acceptors (Lipinski definition) is 4. The summed E-state index contributed by atoms with van der Waals surface area (Å²) in [6, 6.07) is 0. The van der Waals surface area contributed by atoms with Crippen LogP contribution in [-0.2, 0) is 16.0 Å². The van der Waals surface area contributed by atoms with E-state index in [1.807, 2.05) is 16.0 Å². The first-order valence-corrected chi connectivity index (χ1v) is 7.92. The lowest BCUT2D eigenvalue weighted by Crippen LogP contribution is -2.56. The Bertz CT molecular complexity index is 641. The zero-order valence-electron chi connectivity index (χ0n) is 11.5. The molecule has 2 aromatic rings. The molecule has 112 valence electrons. The van der Waals surface area contributed by atoms with Gasteiger partial charge in [-0.15, -0.1) is 11.3 Å². The third kappa shape index (κ3) is 2.78. The van der Waals surface area contributed by atoms with Gasteiger partial charge >= 0.3 is 5.97 Å². The largest absolute Gasteiger partial charge is 0.480 e. The van der Waals surface area contributed by atoms with Crippen molar-refractivity contribution in [1.29, 1.82) is 0 Å². The summed E-state index contributed by atoms with van der Waals surface area (Å²) in [6.07, 6.45) is 7.53. The summed E-state index contributed by atoms with van der Waals surface area (Å²) >= 11 is 1.50. The highest BCUT2D eigenvalue weighted by atomic mass is 32.1. The number of hydrogen-bond donors (Lipinski definition) is 2. The van der Waals surface area contributed by atoms with Crippen LogP contribution in [0.4, 0.5) is 0 Å². The molecule has 0 atom stereocenters. The second-order valence-corrected chi connectivity index (χ2v) is 6.37. The van der Waals surface area contributed by atoms with Gasteiger partial charge in [0.15, 0.2) is 4.96 Å². The number of fused-ring (bicyclic) bond motifs is 1. The topological polar surface area (TPSA) is 83.7 Å². The minimum atomic E-state index is -1.09. The third-order valence-corrected chi connectivity index (χ3v) is 4.75. The van der Waals surface area contributed by atoms with Gasteiger partial charge in [0.1, 0.15) is 5.54 Å². The lowest BCUT2D eigenvalue weighted by atomic mass is 9.81. The van der Waals surface area contributed by atoms with E-state index in [4.69, 9.17) is 0 Å². The molecule has 1 fully saturated rings. The number of nitrogens with one attached hydrogen (secondary N) is 1. The molecule has 7 heteroatoms. The van der Waals surface area contributed by atoms with Crippen molar-refractivity contribution in [2.24, 2.45) is 0 Å². The molecule has 0 aliphatic heterocycles. The van der Waals surface area contributed by atoms with Crippen molar-refractivity contribution in [3.05, 3.63) is 23.5 Å². The lowest BCUT2D eigenvalue weighted by Gasteiger charge is -2.33. The molecular weight excluding hydrogens is 290 g/mol. The van der Waals surface area contributed by atoms with E-state index in [1.54, 1.807) is 6.20 Å². The number of aliphatic carboxylic acids is 1. The Balaban J connectivity index is 1.69. The van der Waals surface area contributed by atoms with Crippen LogP contribution < -0.4 is 5.32 Å². The molecule has 0 unspecified atom stereocenters. The molecule has 0 saturated heterocycles. The van der Waals surface area contributed by atoms with Gasteiger partial charge in [-0.3, -0.25) is 9.20 Å². The van der Waals surface area contributed by atoms with Crippen molar-refractivity contribution in [1.82, 2.24) is 14.7 Å². The van der Waals surface area contributed by atoms with E-state index in [2.05, 4.69) is 10.3 Å². The van der Waals surface area contributed by atoms with E-state index < -0.39 is 11.5 Å². The van der Waals surface area contributed by atoms with Gasteiger partial charge in [-0.05, 0) is 12.8 Å². The van der Waals surface area contributed by atoms with Crippen molar-refractivity contribution in [2.45, 2.75) is 44.1 Å². The summed E-state index contributed by atoms with van der Waals surface area (Å²) in [5.41, 5.74) is -0.428. The lowest BCUT2D eigenvalue weighted by molar-refractivity contribution is -0.149. The summed E-state index contributed by atoms with van der Waals surface area (Å²) in [4.78, 5) is 28.9. The van der Waals surface area contributed by atoms with E-state index >= 15 is 0 Å². The first-order valence-electron chi connectivity index (χ1n) is 7.05. The van der Waals surface area contributed by atoms with Crippen LogP contribution in [0.25, 0.3) is 4.96 Å². The Morgan fingerprint density at radius 1 is 1.38 bits per heavy atom. The quantitative estimate of drug-likeness (QED) is 0.903. The zero-order chi connectivity index (χ0) is 14.9. The second kappa shape index (κ2) is 5.48. The number of nitrogens with zero attached hydrogens (tertiary/aromatic N) is 2. The SMILES string of the molecule is O=C(Cc1cn2ccsc2n1)NC1(C(=O)O)CCCCC1. The number of thiazole rings is 1. The average molecular weight is 307 g/mol. The van der Waals surface area contributed by atoms with Gasteiger partial charge in [0.25, 0.3) is 0 Å². The van der Waals surface area contributed by atoms with Crippen LogP contribution in [0.5, 0.6) is 0 Å². The normalized spacial score (nSPS) is 17.7. The molecule has 1 aliphatic rings. The summed E-state index contributed by atoms with van der Waals surface area (Å²) in [7, 11) is 0. The molecule has 3 rings (SSSR count). The van der Waals surface area contributed by atoms with Crippen LogP contribution in [0.2, 0.25) is 0 Å². The highest BCUT2D eigenvalue weighted by Crippen LogP contribution is 2.28. The number of carboxylic acids is 1. The molecule has 21 heavy (non-hydrogen) atoms. The number of rotatable bonds is 4. The highest BCUT2D eigenvalue weighted by molar-refractivity contribution is 7.15. The average Bonchev–Trinajstić information content (AvgIpc) is 3.00. The minimum Gasteiger partial charge on any atom is -0.480 e. The van der Waals surface area contributed by atoms with E-state index in [0.29, 0.717) is 18.5 Å². The van der Waals surface area contributed by atoms with Crippen LogP contribution in [0.15, 0.2) is 17.8 Å². The van der Waals surface area contributed by atoms with Crippen molar-refractivity contribution < 1.29 is 14.7 Å². The Kier molecular flexibility index (Phi) is 3.67. The Hall–Kier alpha value is -1.89. The number of imidazole rings is 1. The molecule has 0 aromatic carbocycles. The molecule has 1 saturated carbocycles. The van der Waals surface area contributed by atoms with Gasteiger partial charge < -0.3 is 10.4 Å². The van der Waals surface area contributed by atoms with Crippen molar-refractivity contribution >= 4 is 28.2 Å². The van der Waals surface area contributed by atoms with Crippen LogP contribution in [-0.4, -0.2) is 31.9 Å². The van der Waals surface area contributed by atoms with Gasteiger partial charge in [0.2, 0.25) is 5.91 Å². The van der Waals surface area contributed by atoms with Crippen molar-refractivity contribution in [3.8, 4) is 0 Å². The summed E-state index contributed by atoms with van der Waals surface area (Å²) in [5, 5.41) is 14.1. The van der Waals surface area contributed by atoms with Gasteiger partial charge in [0.05, 0.1) is 12.1 Å². The van der Waals surface area contributed by atoms with Crippen LogP contribution >= 0.6 is 11.3 Å². The van der Waals surface area contributed by atoms with Gasteiger partial charge in [0, 0.05) is 17.8 Å². The van der Waals surface area contributed by atoms with Crippen LogP contribution in [0.3, 0.4) is 0 Å². The molecular formula is C14H17N3O3S. The van der Waals surface area contributed by atoms with E-state index in [9.17, 15) is 14.7 Å². The summed E-state index contributed by atoms with van der Waals surface area (Å²) in [6.45, 7) is 0. The molecule has 0 radical (unpaired) electrons. The maximum Gasteiger partial charge on any atom is 0.329 e. The first kappa shape index (κ1) is 14.1. The molecule has 0 spiro atoms. The van der Waals surface area contributed by atoms with Gasteiger partial charge in [-0.2, -0.15) is 0 Å². The standard InChI is InChI=1S/C14H17N3O3S/c18-11(8-10-9-17-6-7-21-13(17)15-10)16-14(12(19)20)4-2-1-3-5-14/h6-7,9H,1-5,8H2,(H,16,18)(H,19,20). The fraction of sp³-hybridized carbons (Fsp3) is 0.500. The summed E-state index contributed by atoms with van der Waals surface area (Å²) < 4.78 is 1.86. The fourth-order valence-electron chi connectivity index (χ4n) is 2.88. The first-order chi connectivity index (χ1) is 10.1. The number of aromatic nitrogens is 2. The van der Waals surface area contributed by atoms with E-state index in [0.717, 1.165) is 24.2 Å². The van der Waals surface area contributed by atoms with Gasteiger partial charge in [-0.25, -0.2) is 9.78 Å². The molecule has 1 aliphatic carbocycles. The molecule has 0 bridgehead atoms.